The van der Waals surface area contributed by atoms with Crippen LogP contribution >= 0.6 is 28.3 Å². The van der Waals surface area contributed by atoms with Crippen LogP contribution < -0.4 is 11.1 Å². The van der Waals surface area contributed by atoms with E-state index in [0.29, 0.717) is 12.3 Å². The lowest BCUT2D eigenvalue weighted by atomic mass is 10.3. The molecule has 2 aromatic heterocycles. The molecule has 2 aromatic rings. The Morgan fingerprint density at radius 2 is 2.39 bits per heavy atom. The van der Waals surface area contributed by atoms with Crippen molar-refractivity contribution >= 4 is 40.0 Å². The zero-order valence-electron chi connectivity index (χ0n) is 9.50. The third-order valence-electron chi connectivity index (χ3n) is 2.10. The Hall–Kier alpha value is -1.25. The molecular weight excluding hydrogens is 323 g/mol. The second-order valence-corrected chi connectivity index (χ2v) is 4.48. The van der Waals surface area contributed by atoms with Crippen LogP contribution in [0.25, 0.3) is 5.78 Å². The lowest BCUT2D eigenvalue weighted by molar-refractivity contribution is 0.0931. The van der Waals surface area contributed by atoms with E-state index in [2.05, 4.69) is 36.3 Å². The molecule has 0 spiro atoms. The number of hydrogen-bond donors (Lipinski definition) is 2. The smallest absolute Gasteiger partial charge is 0.291 e. The molecule has 7 nitrogen and oxygen atoms in total. The highest BCUT2D eigenvalue weighted by Gasteiger charge is 2.15. The number of nitrogens with one attached hydrogen (secondary N) is 1. The maximum atomic E-state index is 11.7. The summed E-state index contributed by atoms with van der Waals surface area (Å²) in [7, 11) is 0. The van der Waals surface area contributed by atoms with Crippen molar-refractivity contribution in [2.75, 3.05) is 6.54 Å². The van der Waals surface area contributed by atoms with Gasteiger partial charge >= 0.3 is 0 Å². The van der Waals surface area contributed by atoms with E-state index < -0.39 is 0 Å². The van der Waals surface area contributed by atoms with Crippen LogP contribution in [-0.2, 0) is 0 Å². The van der Waals surface area contributed by atoms with Gasteiger partial charge < -0.3 is 11.1 Å². The molecule has 0 unspecified atom stereocenters. The van der Waals surface area contributed by atoms with Crippen LogP contribution in [0.15, 0.2) is 16.9 Å². The molecule has 1 amide bonds. The van der Waals surface area contributed by atoms with Gasteiger partial charge in [0.2, 0.25) is 5.82 Å². The van der Waals surface area contributed by atoms with Gasteiger partial charge in [0.25, 0.3) is 11.7 Å². The summed E-state index contributed by atoms with van der Waals surface area (Å²) < 4.78 is 2.20. The highest BCUT2D eigenvalue weighted by Crippen LogP contribution is 2.07. The highest BCUT2D eigenvalue weighted by atomic mass is 79.9. The zero-order chi connectivity index (χ0) is 12.4. The van der Waals surface area contributed by atoms with Gasteiger partial charge in [0.15, 0.2) is 0 Å². The van der Waals surface area contributed by atoms with Crippen molar-refractivity contribution in [2.45, 2.75) is 13.0 Å². The average Bonchev–Trinajstić information content (AvgIpc) is 2.71. The van der Waals surface area contributed by atoms with E-state index >= 15 is 0 Å². The van der Waals surface area contributed by atoms with Crippen molar-refractivity contribution in [3.8, 4) is 0 Å². The monoisotopic (exact) mass is 334 g/mol. The second-order valence-electron chi connectivity index (χ2n) is 3.56. The standard InChI is InChI=1S/C9H11BrN6O.ClH/c1-5(2-11)13-8(17)7-14-9-12-3-6(10)4-16(9)15-7;/h3-5H,2,11H2,1H3,(H,13,17);1H/t5-;/m0./s1. The van der Waals surface area contributed by atoms with Crippen LogP contribution in [0.2, 0.25) is 0 Å². The maximum absolute atomic E-state index is 11.7. The van der Waals surface area contributed by atoms with E-state index in [9.17, 15) is 4.79 Å². The molecule has 0 aliphatic heterocycles. The van der Waals surface area contributed by atoms with E-state index in [1.165, 1.54) is 4.52 Å². The van der Waals surface area contributed by atoms with Gasteiger partial charge in [-0.1, -0.05) is 0 Å². The molecule has 0 fully saturated rings. The minimum atomic E-state index is -0.357. The minimum Gasteiger partial charge on any atom is -0.346 e. The normalized spacial score (nSPS) is 11.9. The lowest BCUT2D eigenvalue weighted by Crippen LogP contribution is -2.38. The van der Waals surface area contributed by atoms with E-state index in [1.807, 2.05) is 6.92 Å². The molecule has 0 saturated carbocycles. The third kappa shape index (κ3) is 3.15. The van der Waals surface area contributed by atoms with Crippen LogP contribution in [0.4, 0.5) is 0 Å². The number of aromatic nitrogens is 4. The average molecular weight is 336 g/mol. The van der Waals surface area contributed by atoms with Crippen LogP contribution in [0.1, 0.15) is 17.5 Å². The molecule has 98 valence electrons. The first-order chi connectivity index (χ1) is 8.10. The second kappa shape index (κ2) is 6.07. The summed E-state index contributed by atoms with van der Waals surface area (Å²) in [5.41, 5.74) is 5.41. The summed E-state index contributed by atoms with van der Waals surface area (Å²) in [5, 5.41) is 6.70. The Bertz CT molecular complexity index is 559. The van der Waals surface area contributed by atoms with Gasteiger partial charge in [-0.2, -0.15) is 4.98 Å². The highest BCUT2D eigenvalue weighted by molar-refractivity contribution is 9.10. The topological polar surface area (TPSA) is 98.2 Å². The molecule has 9 heteroatoms. The Morgan fingerprint density at radius 3 is 3.06 bits per heavy atom. The Kier molecular flexibility index (Phi) is 5.00. The molecule has 1 atom stereocenters. The number of fused-ring (bicyclic) bond motifs is 1. The lowest BCUT2D eigenvalue weighted by Gasteiger charge is -2.08. The predicted octanol–water partition coefficient (Wildman–Crippen LogP) is 0.386. The van der Waals surface area contributed by atoms with E-state index in [0.717, 1.165) is 4.47 Å². The van der Waals surface area contributed by atoms with Crippen LogP contribution in [-0.4, -0.2) is 38.1 Å². The molecule has 0 saturated heterocycles. The van der Waals surface area contributed by atoms with Gasteiger partial charge in [-0.05, 0) is 22.9 Å². The molecule has 0 aliphatic rings. The van der Waals surface area contributed by atoms with E-state index in [1.54, 1.807) is 12.4 Å². The molecular formula is C9H12BrClN6O. The Labute approximate surface area is 118 Å². The number of nitrogens with zero attached hydrogens (tertiary/aromatic N) is 4. The van der Waals surface area contributed by atoms with Crippen molar-refractivity contribution in [1.29, 1.82) is 0 Å². The fraction of sp³-hybridized carbons (Fsp3) is 0.333. The predicted molar refractivity (Wildman–Crippen MR) is 71.7 cm³/mol. The van der Waals surface area contributed by atoms with Crippen molar-refractivity contribution < 1.29 is 4.79 Å². The molecule has 18 heavy (non-hydrogen) atoms. The van der Waals surface area contributed by atoms with Gasteiger partial charge in [-0.15, -0.1) is 17.5 Å². The summed E-state index contributed by atoms with van der Waals surface area (Å²) in [6.45, 7) is 2.17. The third-order valence-corrected chi connectivity index (χ3v) is 2.51. The number of hydrogen-bond acceptors (Lipinski definition) is 5. The van der Waals surface area contributed by atoms with Crippen molar-refractivity contribution in [3.63, 3.8) is 0 Å². The molecule has 0 aliphatic carbocycles. The summed E-state index contributed by atoms with van der Waals surface area (Å²) in [6.07, 6.45) is 3.27. The van der Waals surface area contributed by atoms with Gasteiger partial charge in [0.05, 0.1) is 4.47 Å². The molecule has 0 radical (unpaired) electrons. The Balaban J connectivity index is 0.00000162. The van der Waals surface area contributed by atoms with Crippen LogP contribution in [0.3, 0.4) is 0 Å². The van der Waals surface area contributed by atoms with Gasteiger partial charge in [0, 0.05) is 25.0 Å². The van der Waals surface area contributed by atoms with Gasteiger partial charge in [-0.25, -0.2) is 9.50 Å². The fourth-order valence-corrected chi connectivity index (χ4v) is 1.50. The van der Waals surface area contributed by atoms with Crippen molar-refractivity contribution in [3.05, 3.63) is 22.7 Å². The van der Waals surface area contributed by atoms with Crippen LogP contribution in [0.5, 0.6) is 0 Å². The van der Waals surface area contributed by atoms with Crippen molar-refractivity contribution in [2.24, 2.45) is 5.73 Å². The molecule has 0 aromatic carbocycles. The SMILES string of the molecule is C[C@@H](CN)NC(=O)c1nc2ncc(Br)cn2n1.Cl. The number of nitrogens with two attached hydrogens (primary N) is 1. The number of rotatable bonds is 3. The van der Waals surface area contributed by atoms with E-state index in [-0.39, 0.29) is 30.2 Å². The summed E-state index contributed by atoms with van der Waals surface area (Å²) in [4.78, 5) is 19.8. The number of amides is 1. The molecule has 2 heterocycles. The number of halogens is 2. The maximum Gasteiger partial charge on any atom is 0.291 e. The molecule has 0 bridgehead atoms. The Morgan fingerprint density at radius 1 is 1.67 bits per heavy atom. The zero-order valence-corrected chi connectivity index (χ0v) is 11.9. The van der Waals surface area contributed by atoms with Gasteiger partial charge in [-0.3, -0.25) is 4.79 Å². The molecule has 2 rings (SSSR count). The minimum absolute atomic E-state index is 0. The first-order valence-electron chi connectivity index (χ1n) is 4.99. The summed E-state index contributed by atoms with van der Waals surface area (Å²) in [6, 6.07) is -0.117. The van der Waals surface area contributed by atoms with Crippen LogP contribution in [0, 0.1) is 0 Å². The quantitative estimate of drug-likeness (QED) is 0.845. The number of carbonyl (C=O) groups is 1. The largest absolute Gasteiger partial charge is 0.346 e. The first kappa shape index (κ1) is 14.8. The summed E-state index contributed by atoms with van der Waals surface area (Å²) >= 11 is 3.26. The van der Waals surface area contributed by atoms with Gasteiger partial charge in [0.1, 0.15) is 0 Å². The van der Waals surface area contributed by atoms with E-state index in [4.69, 9.17) is 5.73 Å². The molecule has 3 N–H and O–H groups in total. The fourth-order valence-electron chi connectivity index (χ4n) is 1.20. The summed E-state index contributed by atoms with van der Waals surface area (Å²) in [5.74, 6) is 0.0965. The number of carbonyl (C=O) groups excluding carboxylic acids is 1. The first-order valence-corrected chi connectivity index (χ1v) is 5.78. The van der Waals surface area contributed by atoms with Crippen molar-refractivity contribution in [1.82, 2.24) is 24.9 Å².